The molecular weight excluding hydrogens is 221 g/mol. The van der Waals surface area contributed by atoms with Crippen molar-refractivity contribution < 1.29 is 14.3 Å². The van der Waals surface area contributed by atoms with Gasteiger partial charge in [0.2, 0.25) is 0 Å². The summed E-state index contributed by atoms with van der Waals surface area (Å²) in [7, 11) is 0. The summed E-state index contributed by atoms with van der Waals surface area (Å²) in [6, 6.07) is 9.25. The predicted octanol–water partition coefficient (Wildman–Crippen LogP) is 2.84. The van der Waals surface area contributed by atoms with E-state index in [1.807, 2.05) is 0 Å². The molecule has 1 atom stereocenters. The minimum Gasteiger partial charge on any atom is -0.478 e. The Bertz CT molecular complexity index is 528. The minimum atomic E-state index is -1.48. The number of halogens is 1. The van der Waals surface area contributed by atoms with E-state index in [1.54, 1.807) is 30.5 Å². The Hall–Kier alpha value is -2.23. The predicted molar refractivity (Wildman–Crippen MR) is 60.6 cm³/mol. The first-order valence-electron chi connectivity index (χ1n) is 5.06. The highest BCUT2D eigenvalue weighted by atomic mass is 19.1. The molecule has 1 unspecified atom stereocenters. The first kappa shape index (κ1) is 11.3. The zero-order valence-corrected chi connectivity index (χ0v) is 8.88. The summed E-state index contributed by atoms with van der Waals surface area (Å²) in [5, 5.41) is 8.98. The number of carboxylic acid groups (broad SMARTS) is 1. The normalized spacial score (nSPS) is 12.1. The number of pyridine rings is 1. The van der Waals surface area contributed by atoms with Gasteiger partial charge in [0.15, 0.2) is 6.17 Å². The second kappa shape index (κ2) is 4.74. The lowest BCUT2D eigenvalue weighted by molar-refractivity contribution is 0.0694. The number of carboxylic acids is 1. The number of alkyl halides is 1. The van der Waals surface area contributed by atoms with Gasteiger partial charge in [0.05, 0.1) is 5.56 Å². The summed E-state index contributed by atoms with van der Waals surface area (Å²) in [6.45, 7) is 0. The van der Waals surface area contributed by atoms with Crippen molar-refractivity contribution in [2.45, 2.75) is 6.17 Å². The van der Waals surface area contributed by atoms with Crippen molar-refractivity contribution in [3.8, 4) is 0 Å². The molecule has 17 heavy (non-hydrogen) atoms. The fourth-order valence-corrected chi connectivity index (χ4v) is 1.62. The summed E-state index contributed by atoms with van der Waals surface area (Å²) in [5.41, 5.74) is 0.470. The number of hydrogen-bond acceptors (Lipinski definition) is 2. The number of hydrogen-bond donors (Lipinski definition) is 1. The fraction of sp³-hybridized carbons (Fsp3) is 0.0769. The lowest BCUT2D eigenvalue weighted by Gasteiger charge is -2.11. The number of carbonyl (C=O) groups is 1. The zero-order valence-electron chi connectivity index (χ0n) is 8.88. The third-order valence-electron chi connectivity index (χ3n) is 2.44. The average molecular weight is 231 g/mol. The topological polar surface area (TPSA) is 50.2 Å². The van der Waals surface area contributed by atoms with E-state index < -0.39 is 12.1 Å². The molecule has 0 aliphatic heterocycles. The first-order valence-corrected chi connectivity index (χ1v) is 5.06. The lowest BCUT2D eigenvalue weighted by Crippen LogP contribution is -2.05. The van der Waals surface area contributed by atoms with E-state index >= 15 is 0 Å². The highest BCUT2D eigenvalue weighted by molar-refractivity contribution is 5.89. The van der Waals surface area contributed by atoms with Crippen LogP contribution in [0.5, 0.6) is 0 Å². The van der Waals surface area contributed by atoms with Crippen LogP contribution in [0.4, 0.5) is 4.39 Å². The summed E-state index contributed by atoms with van der Waals surface area (Å²) < 4.78 is 14.2. The van der Waals surface area contributed by atoms with Gasteiger partial charge in [0.25, 0.3) is 0 Å². The van der Waals surface area contributed by atoms with Gasteiger partial charge in [-0.15, -0.1) is 0 Å². The molecule has 0 aliphatic rings. The van der Waals surface area contributed by atoms with E-state index in [9.17, 15) is 9.18 Å². The van der Waals surface area contributed by atoms with Crippen LogP contribution in [0.15, 0.2) is 48.8 Å². The van der Waals surface area contributed by atoms with E-state index in [4.69, 9.17) is 5.11 Å². The Balaban J connectivity index is 2.44. The molecule has 4 heteroatoms. The third-order valence-corrected chi connectivity index (χ3v) is 2.44. The van der Waals surface area contributed by atoms with Crippen LogP contribution < -0.4 is 0 Å². The first-order chi connectivity index (χ1) is 8.20. The van der Waals surface area contributed by atoms with Crippen LogP contribution in [-0.2, 0) is 0 Å². The SMILES string of the molecule is O=C(O)c1ccccc1C(F)c1cccnc1. The van der Waals surface area contributed by atoms with Crippen molar-refractivity contribution in [2.75, 3.05) is 0 Å². The van der Waals surface area contributed by atoms with E-state index in [2.05, 4.69) is 4.98 Å². The van der Waals surface area contributed by atoms with Gasteiger partial charge in [-0.3, -0.25) is 4.98 Å². The van der Waals surface area contributed by atoms with Crippen LogP contribution in [0.3, 0.4) is 0 Å². The van der Waals surface area contributed by atoms with Crippen molar-refractivity contribution in [3.63, 3.8) is 0 Å². The molecule has 2 aromatic rings. The number of nitrogens with zero attached hydrogens (tertiary/aromatic N) is 1. The number of benzene rings is 1. The Morgan fingerprint density at radius 1 is 1.24 bits per heavy atom. The molecule has 0 saturated carbocycles. The van der Waals surface area contributed by atoms with Crippen LogP contribution in [0.1, 0.15) is 27.7 Å². The summed E-state index contributed by atoms with van der Waals surface area (Å²) in [5.74, 6) is -1.13. The standard InChI is InChI=1S/C13H10FNO2/c14-12(9-4-3-7-15-8-9)10-5-1-2-6-11(10)13(16)17/h1-8,12H,(H,16,17). The van der Waals surface area contributed by atoms with Gasteiger partial charge >= 0.3 is 5.97 Å². The van der Waals surface area contributed by atoms with Crippen molar-refractivity contribution in [1.82, 2.24) is 4.98 Å². The van der Waals surface area contributed by atoms with Gasteiger partial charge in [-0.05, 0) is 12.1 Å². The second-order valence-electron chi connectivity index (χ2n) is 3.54. The Morgan fingerprint density at radius 3 is 2.65 bits per heavy atom. The summed E-state index contributed by atoms with van der Waals surface area (Å²) in [4.78, 5) is 14.8. The number of aromatic carboxylic acids is 1. The molecule has 86 valence electrons. The molecule has 2 rings (SSSR count). The van der Waals surface area contributed by atoms with Gasteiger partial charge in [0.1, 0.15) is 0 Å². The minimum absolute atomic E-state index is 0.0242. The quantitative estimate of drug-likeness (QED) is 0.883. The molecule has 0 amide bonds. The third kappa shape index (κ3) is 2.30. The molecule has 3 nitrogen and oxygen atoms in total. The highest BCUT2D eigenvalue weighted by Crippen LogP contribution is 2.27. The van der Waals surface area contributed by atoms with E-state index in [0.29, 0.717) is 5.56 Å². The smallest absolute Gasteiger partial charge is 0.336 e. The maximum Gasteiger partial charge on any atom is 0.336 e. The zero-order chi connectivity index (χ0) is 12.3. The molecule has 0 saturated heterocycles. The Kier molecular flexibility index (Phi) is 3.14. The monoisotopic (exact) mass is 231 g/mol. The molecule has 1 heterocycles. The molecule has 0 bridgehead atoms. The van der Waals surface area contributed by atoms with Crippen LogP contribution in [0, 0.1) is 0 Å². The molecule has 0 aliphatic carbocycles. The van der Waals surface area contributed by atoms with Crippen molar-refractivity contribution in [1.29, 1.82) is 0 Å². The van der Waals surface area contributed by atoms with Crippen molar-refractivity contribution in [2.24, 2.45) is 0 Å². The summed E-state index contributed by atoms with van der Waals surface area (Å²) >= 11 is 0. The summed E-state index contributed by atoms with van der Waals surface area (Å²) in [6.07, 6.45) is 1.46. The van der Waals surface area contributed by atoms with E-state index in [0.717, 1.165) is 0 Å². The van der Waals surface area contributed by atoms with Gasteiger partial charge in [-0.1, -0.05) is 24.3 Å². The van der Waals surface area contributed by atoms with Crippen molar-refractivity contribution in [3.05, 3.63) is 65.5 Å². The maximum absolute atomic E-state index is 14.2. The van der Waals surface area contributed by atoms with Gasteiger partial charge in [-0.25, -0.2) is 9.18 Å². The van der Waals surface area contributed by atoms with E-state index in [-0.39, 0.29) is 11.1 Å². The lowest BCUT2D eigenvalue weighted by atomic mass is 9.99. The molecule has 1 aromatic heterocycles. The van der Waals surface area contributed by atoms with Crippen LogP contribution >= 0.6 is 0 Å². The molecule has 1 aromatic carbocycles. The number of rotatable bonds is 3. The average Bonchev–Trinajstić information content (AvgIpc) is 2.39. The molecule has 1 N–H and O–H groups in total. The van der Waals surface area contributed by atoms with Crippen molar-refractivity contribution >= 4 is 5.97 Å². The molecule has 0 fully saturated rings. The van der Waals surface area contributed by atoms with Crippen LogP contribution in [0.2, 0.25) is 0 Å². The van der Waals surface area contributed by atoms with Crippen LogP contribution in [-0.4, -0.2) is 16.1 Å². The fourth-order valence-electron chi connectivity index (χ4n) is 1.62. The van der Waals surface area contributed by atoms with Crippen LogP contribution in [0.25, 0.3) is 0 Å². The Morgan fingerprint density at radius 2 is 2.00 bits per heavy atom. The highest BCUT2D eigenvalue weighted by Gasteiger charge is 2.19. The van der Waals surface area contributed by atoms with Gasteiger partial charge < -0.3 is 5.11 Å². The Labute approximate surface area is 97.6 Å². The molecule has 0 spiro atoms. The largest absolute Gasteiger partial charge is 0.478 e. The maximum atomic E-state index is 14.2. The van der Waals surface area contributed by atoms with Gasteiger partial charge in [0, 0.05) is 23.5 Å². The second-order valence-corrected chi connectivity index (χ2v) is 3.54. The molecule has 0 radical (unpaired) electrons. The molecular formula is C13H10FNO2. The number of aromatic nitrogens is 1. The van der Waals surface area contributed by atoms with E-state index in [1.165, 1.54) is 18.3 Å². The van der Waals surface area contributed by atoms with Gasteiger partial charge in [-0.2, -0.15) is 0 Å².